The van der Waals surface area contributed by atoms with Crippen molar-refractivity contribution in [3.63, 3.8) is 0 Å². The van der Waals surface area contributed by atoms with Gasteiger partial charge in [0.1, 0.15) is 6.04 Å². The van der Waals surface area contributed by atoms with E-state index in [0.29, 0.717) is 25.2 Å². The summed E-state index contributed by atoms with van der Waals surface area (Å²) in [6.07, 6.45) is 3.03. The van der Waals surface area contributed by atoms with Crippen molar-refractivity contribution in [3.8, 4) is 0 Å². The van der Waals surface area contributed by atoms with Gasteiger partial charge in [-0.15, -0.1) is 0 Å². The minimum absolute atomic E-state index is 0.0172. The number of carbonyl (C=O) groups excluding carboxylic acids is 3. The topological polar surface area (TPSA) is 78.5 Å². The van der Waals surface area contributed by atoms with Crippen LogP contribution in [0.3, 0.4) is 0 Å². The highest BCUT2D eigenvalue weighted by Crippen LogP contribution is 2.26. The second-order valence-corrected chi connectivity index (χ2v) is 8.07. The zero-order valence-corrected chi connectivity index (χ0v) is 18.3. The number of nitrogens with zero attached hydrogens (tertiary/aromatic N) is 1. The van der Waals surface area contributed by atoms with Gasteiger partial charge in [0.15, 0.2) is 0 Å². The summed E-state index contributed by atoms with van der Waals surface area (Å²) in [6.45, 7) is 4.78. The van der Waals surface area contributed by atoms with Gasteiger partial charge < -0.3 is 15.5 Å². The maximum atomic E-state index is 13.2. The van der Waals surface area contributed by atoms with Crippen molar-refractivity contribution in [2.24, 2.45) is 5.92 Å². The summed E-state index contributed by atoms with van der Waals surface area (Å²) < 4.78 is 0. The first-order valence-corrected chi connectivity index (χ1v) is 11.0. The summed E-state index contributed by atoms with van der Waals surface area (Å²) in [5, 5.41) is 5.91. The second-order valence-electron chi connectivity index (χ2n) is 8.07. The highest BCUT2D eigenvalue weighted by Gasteiger charge is 2.32. The molecule has 2 aromatic carbocycles. The fourth-order valence-corrected chi connectivity index (χ4v) is 3.70. The molecule has 0 spiro atoms. The molecule has 1 aliphatic heterocycles. The van der Waals surface area contributed by atoms with Gasteiger partial charge in [-0.05, 0) is 42.5 Å². The van der Waals surface area contributed by atoms with Gasteiger partial charge >= 0.3 is 0 Å². The summed E-state index contributed by atoms with van der Waals surface area (Å²) in [4.78, 5) is 39.5. The Morgan fingerprint density at radius 2 is 1.81 bits per heavy atom. The molecule has 3 rings (SSSR count). The molecule has 1 heterocycles. The summed E-state index contributed by atoms with van der Waals surface area (Å²) in [5.41, 5.74) is 2.40. The molecule has 6 nitrogen and oxygen atoms in total. The zero-order valence-electron chi connectivity index (χ0n) is 18.3. The first-order valence-electron chi connectivity index (χ1n) is 11.0. The molecule has 164 valence electrons. The van der Waals surface area contributed by atoms with Gasteiger partial charge in [-0.1, -0.05) is 56.3 Å². The smallest absolute Gasteiger partial charge is 0.247 e. The van der Waals surface area contributed by atoms with E-state index in [-0.39, 0.29) is 23.6 Å². The van der Waals surface area contributed by atoms with Gasteiger partial charge in [0.2, 0.25) is 17.7 Å². The van der Waals surface area contributed by atoms with Crippen LogP contribution >= 0.6 is 0 Å². The van der Waals surface area contributed by atoms with E-state index in [4.69, 9.17) is 0 Å². The molecule has 2 atom stereocenters. The minimum atomic E-state index is -0.637. The number of hydrogen-bond acceptors (Lipinski definition) is 3. The Morgan fingerprint density at radius 3 is 2.52 bits per heavy atom. The largest absolute Gasteiger partial charge is 0.350 e. The maximum Gasteiger partial charge on any atom is 0.247 e. The van der Waals surface area contributed by atoms with Gasteiger partial charge in [0.25, 0.3) is 0 Å². The molecule has 1 saturated heterocycles. The molecule has 3 amide bonds. The Balaban J connectivity index is 1.70. The van der Waals surface area contributed by atoms with E-state index >= 15 is 0 Å². The number of likely N-dealkylation sites (tertiary alicyclic amines) is 1. The van der Waals surface area contributed by atoms with Crippen LogP contribution in [0.1, 0.15) is 56.7 Å². The lowest BCUT2D eigenvalue weighted by Crippen LogP contribution is -2.45. The van der Waals surface area contributed by atoms with E-state index < -0.39 is 6.04 Å². The van der Waals surface area contributed by atoms with E-state index in [1.54, 1.807) is 4.90 Å². The lowest BCUT2D eigenvalue weighted by Gasteiger charge is -2.34. The van der Waals surface area contributed by atoms with Crippen molar-refractivity contribution in [2.45, 2.75) is 52.1 Å². The number of anilines is 1. The Kier molecular flexibility index (Phi) is 7.82. The van der Waals surface area contributed by atoms with Crippen molar-refractivity contribution in [3.05, 3.63) is 65.7 Å². The summed E-state index contributed by atoms with van der Waals surface area (Å²) in [6, 6.07) is 16.3. The molecular formula is C25H31N3O3. The van der Waals surface area contributed by atoms with Crippen LogP contribution in [0.5, 0.6) is 0 Å². The van der Waals surface area contributed by atoms with E-state index in [0.717, 1.165) is 30.4 Å². The molecule has 31 heavy (non-hydrogen) atoms. The van der Waals surface area contributed by atoms with Gasteiger partial charge in [0, 0.05) is 31.1 Å². The van der Waals surface area contributed by atoms with Crippen LogP contribution in [0.25, 0.3) is 0 Å². The number of nitrogens with one attached hydrogen (secondary N) is 2. The van der Waals surface area contributed by atoms with E-state index in [1.807, 2.05) is 68.4 Å². The molecule has 1 aliphatic rings. The normalized spacial score (nSPS) is 15.8. The number of piperidine rings is 1. The molecule has 0 saturated carbocycles. The van der Waals surface area contributed by atoms with Crippen molar-refractivity contribution in [1.82, 2.24) is 10.2 Å². The zero-order chi connectivity index (χ0) is 22.2. The number of carbonyl (C=O) groups is 3. The first kappa shape index (κ1) is 22.5. The average Bonchev–Trinajstić information content (AvgIpc) is 2.79. The third-order valence-electron chi connectivity index (χ3n) is 5.76. The van der Waals surface area contributed by atoms with Gasteiger partial charge in [0.05, 0.1) is 0 Å². The van der Waals surface area contributed by atoms with Crippen molar-refractivity contribution in [2.75, 3.05) is 11.9 Å². The Bertz CT molecular complexity index is 913. The standard InChI is InChI=1S/C25H31N3O3/c1-3-18(2)24(30)27-21-13-9-10-19(16-21)17-26-25(31)23(20-11-5-4-6-12-20)28-15-8-7-14-22(28)29/h4-6,9-13,16,18,23H,3,7-8,14-15,17H2,1-2H3,(H,26,31)(H,27,30). The Hall–Kier alpha value is -3.15. The number of amides is 3. The van der Waals surface area contributed by atoms with E-state index in [1.165, 1.54) is 0 Å². The lowest BCUT2D eigenvalue weighted by molar-refractivity contribution is -0.142. The van der Waals surface area contributed by atoms with Gasteiger partial charge in [-0.3, -0.25) is 14.4 Å². The summed E-state index contributed by atoms with van der Waals surface area (Å²) in [5.74, 6) is -0.256. The van der Waals surface area contributed by atoms with Crippen LogP contribution in [0, 0.1) is 5.92 Å². The van der Waals surface area contributed by atoms with Crippen LogP contribution < -0.4 is 10.6 Å². The molecule has 6 heteroatoms. The Morgan fingerprint density at radius 1 is 1.03 bits per heavy atom. The monoisotopic (exact) mass is 421 g/mol. The lowest BCUT2D eigenvalue weighted by atomic mass is 10.0. The highest BCUT2D eigenvalue weighted by atomic mass is 16.2. The third-order valence-corrected chi connectivity index (χ3v) is 5.76. The molecule has 0 radical (unpaired) electrons. The maximum absolute atomic E-state index is 13.2. The molecule has 1 fully saturated rings. The molecule has 0 aliphatic carbocycles. The van der Waals surface area contributed by atoms with Gasteiger partial charge in [-0.25, -0.2) is 0 Å². The third kappa shape index (κ3) is 5.94. The molecule has 2 unspecified atom stereocenters. The van der Waals surface area contributed by atoms with Crippen molar-refractivity contribution < 1.29 is 14.4 Å². The minimum Gasteiger partial charge on any atom is -0.350 e. The van der Waals surface area contributed by atoms with Gasteiger partial charge in [-0.2, -0.15) is 0 Å². The van der Waals surface area contributed by atoms with E-state index in [9.17, 15) is 14.4 Å². The molecule has 2 aromatic rings. The molecule has 2 N–H and O–H groups in total. The molecule has 0 bridgehead atoms. The SMILES string of the molecule is CCC(C)C(=O)Nc1cccc(CNC(=O)C(c2ccccc2)N2CCCCC2=O)c1. The fraction of sp³-hybridized carbons (Fsp3) is 0.400. The molecular weight excluding hydrogens is 390 g/mol. The second kappa shape index (κ2) is 10.8. The van der Waals surface area contributed by atoms with Crippen LogP contribution in [0.15, 0.2) is 54.6 Å². The Labute approximate surface area is 184 Å². The predicted octanol–water partition coefficient (Wildman–Crippen LogP) is 4.04. The van der Waals surface area contributed by atoms with Crippen LogP contribution in [-0.4, -0.2) is 29.2 Å². The number of benzene rings is 2. The van der Waals surface area contributed by atoms with Crippen LogP contribution in [-0.2, 0) is 20.9 Å². The first-order chi connectivity index (χ1) is 15.0. The average molecular weight is 422 g/mol. The number of hydrogen-bond donors (Lipinski definition) is 2. The quantitative estimate of drug-likeness (QED) is 0.675. The van der Waals surface area contributed by atoms with E-state index in [2.05, 4.69) is 10.6 Å². The van der Waals surface area contributed by atoms with Crippen molar-refractivity contribution >= 4 is 23.4 Å². The molecule has 0 aromatic heterocycles. The van der Waals surface area contributed by atoms with Crippen LogP contribution in [0.2, 0.25) is 0 Å². The van der Waals surface area contributed by atoms with Crippen molar-refractivity contribution in [1.29, 1.82) is 0 Å². The highest BCUT2D eigenvalue weighted by molar-refractivity contribution is 5.92. The van der Waals surface area contributed by atoms with Crippen LogP contribution in [0.4, 0.5) is 5.69 Å². The summed E-state index contributed by atoms with van der Waals surface area (Å²) in [7, 11) is 0. The predicted molar refractivity (Wildman–Crippen MR) is 121 cm³/mol. The number of rotatable bonds is 8. The fourth-order valence-electron chi connectivity index (χ4n) is 3.70. The summed E-state index contributed by atoms with van der Waals surface area (Å²) >= 11 is 0.